The highest BCUT2D eigenvalue weighted by molar-refractivity contribution is 9.10. The minimum atomic E-state index is -0.293. The van der Waals surface area contributed by atoms with Crippen molar-refractivity contribution in [1.29, 1.82) is 0 Å². The van der Waals surface area contributed by atoms with Crippen LogP contribution >= 0.6 is 15.9 Å². The van der Waals surface area contributed by atoms with Gasteiger partial charge in [0.15, 0.2) is 5.88 Å². The number of nitrogens with zero attached hydrogens (tertiary/aromatic N) is 1. The lowest BCUT2D eigenvalue weighted by atomic mass is 10.1. The molecule has 0 saturated heterocycles. The van der Waals surface area contributed by atoms with Gasteiger partial charge >= 0.3 is 0 Å². The normalized spacial score (nSPS) is 11.1. The minimum Gasteiger partial charge on any atom is -0.494 e. The van der Waals surface area contributed by atoms with E-state index in [4.69, 9.17) is 4.74 Å². The summed E-state index contributed by atoms with van der Waals surface area (Å²) in [6.45, 7) is 2.53. The van der Waals surface area contributed by atoms with Crippen LogP contribution in [0, 0.1) is 12.7 Å². The smallest absolute Gasteiger partial charge is 0.199 e. The van der Waals surface area contributed by atoms with Crippen molar-refractivity contribution < 1.29 is 14.2 Å². The Labute approximate surface area is 164 Å². The maximum absolute atomic E-state index is 13.0. The Kier molecular flexibility index (Phi) is 4.62. The molecule has 0 aliphatic rings. The van der Waals surface area contributed by atoms with Gasteiger partial charge in [0.2, 0.25) is 0 Å². The average Bonchev–Trinajstić information content (AvgIpc) is 2.94. The van der Waals surface area contributed by atoms with E-state index in [0.29, 0.717) is 18.0 Å². The lowest BCUT2D eigenvalue weighted by molar-refractivity contribution is 0.430. The number of ether oxygens (including phenoxy) is 1. The van der Waals surface area contributed by atoms with Crippen LogP contribution in [0.5, 0.6) is 17.4 Å². The summed E-state index contributed by atoms with van der Waals surface area (Å²) in [4.78, 5) is 0. The molecule has 3 nitrogen and oxygen atoms in total. The zero-order chi connectivity index (χ0) is 19.0. The molecule has 0 aliphatic heterocycles. The van der Waals surface area contributed by atoms with Crippen LogP contribution in [0.15, 0.2) is 71.3 Å². The van der Waals surface area contributed by atoms with E-state index in [9.17, 15) is 9.50 Å². The number of aromatic nitrogens is 1. The maximum Gasteiger partial charge on any atom is 0.199 e. The fraction of sp³-hybridized carbons (Fsp3) is 0.0909. The van der Waals surface area contributed by atoms with Crippen LogP contribution in [0.2, 0.25) is 0 Å². The zero-order valence-electron chi connectivity index (χ0n) is 14.6. The van der Waals surface area contributed by atoms with Crippen molar-refractivity contribution in [3.8, 4) is 17.4 Å². The number of hydrogen-bond acceptors (Lipinski definition) is 2. The van der Waals surface area contributed by atoms with Crippen molar-refractivity contribution >= 4 is 26.7 Å². The molecule has 1 aromatic heterocycles. The van der Waals surface area contributed by atoms with E-state index in [1.54, 1.807) is 12.1 Å². The topological polar surface area (TPSA) is 34.4 Å². The highest BCUT2D eigenvalue weighted by Gasteiger charge is 2.12. The zero-order valence-corrected chi connectivity index (χ0v) is 16.2. The first kappa shape index (κ1) is 17.6. The Bertz CT molecular complexity index is 1100. The SMILES string of the molecule is Cc1cc(Br)cc2cn(Cc3ccc(Oc4ccc(F)cc4)cc3)c(O)c12. The Hall–Kier alpha value is -2.79. The van der Waals surface area contributed by atoms with Crippen molar-refractivity contribution in [3.05, 3.63) is 88.3 Å². The summed E-state index contributed by atoms with van der Waals surface area (Å²) in [6.07, 6.45) is 1.95. The van der Waals surface area contributed by atoms with E-state index >= 15 is 0 Å². The number of aromatic hydroxyl groups is 1. The lowest BCUT2D eigenvalue weighted by Crippen LogP contribution is -1.97. The number of rotatable bonds is 4. The van der Waals surface area contributed by atoms with E-state index in [1.807, 2.05) is 54.1 Å². The predicted octanol–water partition coefficient (Wildman–Crippen LogP) is 6.40. The molecule has 5 heteroatoms. The molecule has 0 aliphatic carbocycles. The van der Waals surface area contributed by atoms with Gasteiger partial charge in [0.25, 0.3) is 0 Å². The molecule has 4 rings (SSSR count). The second-order valence-corrected chi connectivity index (χ2v) is 7.38. The van der Waals surface area contributed by atoms with Crippen molar-refractivity contribution in [2.45, 2.75) is 13.5 Å². The van der Waals surface area contributed by atoms with Gasteiger partial charge in [-0.3, -0.25) is 0 Å². The summed E-state index contributed by atoms with van der Waals surface area (Å²) >= 11 is 3.50. The molecule has 0 atom stereocenters. The van der Waals surface area contributed by atoms with Gasteiger partial charge in [0.05, 0.1) is 6.54 Å². The molecule has 4 aromatic rings. The summed E-state index contributed by atoms with van der Waals surface area (Å²) < 4.78 is 21.5. The molecule has 0 saturated carbocycles. The Morgan fingerprint density at radius 1 is 1.00 bits per heavy atom. The second kappa shape index (κ2) is 7.08. The van der Waals surface area contributed by atoms with Crippen LogP contribution in [0.3, 0.4) is 0 Å². The number of halogens is 2. The predicted molar refractivity (Wildman–Crippen MR) is 108 cm³/mol. The van der Waals surface area contributed by atoms with E-state index in [0.717, 1.165) is 26.4 Å². The molecule has 0 fully saturated rings. The molecule has 1 N–H and O–H groups in total. The van der Waals surface area contributed by atoms with Crippen LogP contribution in [0.4, 0.5) is 4.39 Å². The fourth-order valence-electron chi connectivity index (χ4n) is 3.17. The van der Waals surface area contributed by atoms with Crippen LogP contribution < -0.4 is 4.74 Å². The van der Waals surface area contributed by atoms with Crippen molar-refractivity contribution in [2.75, 3.05) is 0 Å². The summed E-state index contributed by atoms with van der Waals surface area (Å²) in [5.41, 5.74) is 2.06. The molecule has 0 spiro atoms. The Morgan fingerprint density at radius 2 is 1.63 bits per heavy atom. The lowest BCUT2D eigenvalue weighted by Gasteiger charge is -2.08. The number of hydrogen-bond donors (Lipinski definition) is 1. The van der Waals surface area contributed by atoms with Crippen LogP contribution in [-0.4, -0.2) is 9.67 Å². The van der Waals surface area contributed by atoms with E-state index in [2.05, 4.69) is 15.9 Å². The fourth-order valence-corrected chi connectivity index (χ4v) is 3.76. The van der Waals surface area contributed by atoms with E-state index in [1.165, 1.54) is 12.1 Å². The third kappa shape index (κ3) is 3.69. The maximum atomic E-state index is 13.0. The summed E-state index contributed by atoms with van der Waals surface area (Å²) in [5.74, 6) is 1.23. The van der Waals surface area contributed by atoms with E-state index in [-0.39, 0.29) is 11.7 Å². The molecule has 0 bridgehead atoms. The monoisotopic (exact) mass is 425 g/mol. The number of fused-ring (bicyclic) bond motifs is 1. The molecule has 3 aromatic carbocycles. The van der Waals surface area contributed by atoms with Gasteiger partial charge in [-0.2, -0.15) is 0 Å². The molecule has 0 unspecified atom stereocenters. The minimum absolute atomic E-state index is 0.265. The Morgan fingerprint density at radius 3 is 2.30 bits per heavy atom. The van der Waals surface area contributed by atoms with Crippen molar-refractivity contribution in [2.24, 2.45) is 0 Å². The second-order valence-electron chi connectivity index (χ2n) is 6.47. The van der Waals surface area contributed by atoms with Gasteiger partial charge in [-0.25, -0.2) is 4.39 Å². The summed E-state index contributed by atoms with van der Waals surface area (Å²) in [7, 11) is 0. The molecule has 0 amide bonds. The highest BCUT2D eigenvalue weighted by Crippen LogP contribution is 2.33. The van der Waals surface area contributed by atoms with Crippen molar-refractivity contribution in [1.82, 2.24) is 4.57 Å². The quantitative estimate of drug-likeness (QED) is 0.410. The van der Waals surface area contributed by atoms with Gasteiger partial charge in [0.1, 0.15) is 17.3 Å². The third-order valence-corrected chi connectivity index (χ3v) is 4.90. The van der Waals surface area contributed by atoms with Gasteiger partial charge in [-0.15, -0.1) is 0 Å². The van der Waals surface area contributed by atoms with E-state index < -0.39 is 0 Å². The number of benzene rings is 3. The first-order chi connectivity index (χ1) is 13.0. The molecule has 27 heavy (non-hydrogen) atoms. The first-order valence-corrected chi connectivity index (χ1v) is 9.29. The standard InChI is InChI=1S/C22H17BrFNO2/c1-14-10-17(23)11-16-13-25(22(26)21(14)16)12-15-2-6-19(7-3-15)27-20-8-4-18(24)5-9-20/h2-11,13,26H,12H2,1H3. The first-order valence-electron chi connectivity index (χ1n) is 8.50. The van der Waals surface area contributed by atoms with Gasteiger partial charge in [0, 0.05) is 21.4 Å². The van der Waals surface area contributed by atoms with Crippen LogP contribution in [0.1, 0.15) is 11.1 Å². The largest absolute Gasteiger partial charge is 0.494 e. The number of aryl methyl sites for hydroxylation is 1. The molecule has 136 valence electrons. The summed E-state index contributed by atoms with van der Waals surface area (Å²) in [6, 6.07) is 17.5. The molecule has 1 heterocycles. The average molecular weight is 426 g/mol. The van der Waals surface area contributed by atoms with Gasteiger partial charge in [-0.05, 0) is 66.6 Å². The molecular formula is C22H17BrFNO2. The third-order valence-electron chi connectivity index (χ3n) is 4.45. The van der Waals surface area contributed by atoms with Gasteiger partial charge in [-0.1, -0.05) is 28.1 Å². The van der Waals surface area contributed by atoms with Gasteiger partial charge < -0.3 is 14.4 Å². The molecule has 0 radical (unpaired) electrons. The summed E-state index contributed by atoms with van der Waals surface area (Å²) in [5, 5.41) is 12.5. The van der Waals surface area contributed by atoms with Crippen LogP contribution in [-0.2, 0) is 6.54 Å². The van der Waals surface area contributed by atoms with Crippen molar-refractivity contribution in [3.63, 3.8) is 0 Å². The Balaban J connectivity index is 1.55. The molecular weight excluding hydrogens is 409 g/mol. The highest BCUT2D eigenvalue weighted by atomic mass is 79.9. The van der Waals surface area contributed by atoms with Crippen LogP contribution in [0.25, 0.3) is 10.8 Å².